The number of carbonyl (C=O) groups excluding carboxylic acids is 2. The lowest BCUT2D eigenvalue weighted by Gasteiger charge is -2.46. The smallest absolute Gasteiger partial charge is 0.475 e. The molecule has 1 fully saturated rings. The van der Waals surface area contributed by atoms with Crippen LogP contribution in [-0.2, 0) is 19.9 Å². The topological polar surface area (TPSA) is 145 Å². The van der Waals surface area contributed by atoms with E-state index in [0.717, 1.165) is 6.42 Å². The van der Waals surface area contributed by atoms with Gasteiger partial charge in [0.2, 0.25) is 5.91 Å². The number of carboxylic acids is 1. The second kappa shape index (κ2) is 8.85. The lowest BCUT2D eigenvalue weighted by Crippen LogP contribution is -2.58. The van der Waals surface area contributed by atoms with Crippen LogP contribution in [-0.4, -0.2) is 57.7 Å². The molecule has 1 aromatic rings. The van der Waals surface area contributed by atoms with E-state index < -0.39 is 40.4 Å². The Hall–Kier alpha value is -3.22. The number of aliphatic hydroxyl groups is 1. The maximum atomic E-state index is 14.7. The van der Waals surface area contributed by atoms with Crippen molar-refractivity contribution in [2.75, 3.05) is 12.4 Å². The van der Waals surface area contributed by atoms with Crippen molar-refractivity contribution in [2.24, 2.45) is 16.1 Å². The molecule has 0 spiro atoms. The summed E-state index contributed by atoms with van der Waals surface area (Å²) in [5.74, 6) is -4.11. The van der Waals surface area contributed by atoms with Crippen molar-refractivity contribution >= 4 is 29.4 Å². The van der Waals surface area contributed by atoms with Gasteiger partial charge < -0.3 is 21.3 Å². The number of halogens is 4. The standard InChI is InChI=1S/C19H25FN4O3.C2HF3O2/c1-17(2)15(26)24(4)16(21)23-18(17,3)12-10-11(6-7-13(12)20)22-14(25)19(27)8-5-9-19;3-2(4,5)1(6)7/h6-7,10,27H,5,8-9H2,1-4H3,(H2,21,23)(H,22,25);(H,6,7)/t18-;/m1./s1. The Balaban J connectivity index is 0.000000509. The molecule has 9 nitrogen and oxygen atoms in total. The molecule has 2 amide bonds. The van der Waals surface area contributed by atoms with Crippen LogP contribution in [0.1, 0.15) is 45.6 Å². The molecule has 1 aliphatic heterocycles. The highest BCUT2D eigenvalue weighted by molar-refractivity contribution is 6.02. The molecule has 1 saturated carbocycles. The lowest BCUT2D eigenvalue weighted by molar-refractivity contribution is -0.192. The van der Waals surface area contributed by atoms with Crippen molar-refractivity contribution < 1.29 is 42.2 Å². The van der Waals surface area contributed by atoms with Crippen LogP contribution in [0.4, 0.5) is 23.2 Å². The monoisotopic (exact) mass is 490 g/mol. The van der Waals surface area contributed by atoms with Gasteiger partial charge >= 0.3 is 12.1 Å². The highest BCUT2D eigenvalue weighted by atomic mass is 19.4. The van der Waals surface area contributed by atoms with Crippen molar-refractivity contribution in [2.45, 2.75) is 57.3 Å². The Morgan fingerprint density at radius 3 is 2.18 bits per heavy atom. The maximum absolute atomic E-state index is 14.7. The number of carbonyl (C=O) groups is 3. The zero-order valence-corrected chi connectivity index (χ0v) is 19.0. The summed E-state index contributed by atoms with van der Waals surface area (Å²) in [7, 11) is 1.52. The van der Waals surface area contributed by atoms with Gasteiger partial charge in [-0.2, -0.15) is 13.2 Å². The van der Waals surface area contributed by atoms with Gasteiger partial charge in [-0.1, -0.05) is 0 Å². The number of benzene rings is 1. The molecule has 0 radical (unpaired) electrons. The molecule has 1 aliphatic carbocycles. The number of carboxylic acid groups (broad SMARTS) is 1. The Morgan fingerprint density at radius 2 is 1.74 bits per heavy atom. The van der Waals surface area contributed by atoms with Crippen LogP contribution in [0.2, 0.25) is 0 Å². The summed E-state index contributed by atoms with van der Waals surface area (Å²) >= 11 is 0. The lowest BCUT2D eigenvalue weighted by atomic mass is 9.67. The third kappa shape index (κ3) is 4.83. The first-order valence-corrected chi connectivity index (χ1v) is 10.1. The van der Waals surface area contributed by atoms with Crippen LogP contribution in [0.5, 0.6) is 0 Å². The third-order valence-electron chi connectivity index (χ3n) is 6.33. The highest BCUT2D eigenvalue weighted by Gasteiger charge is 2.54. The van der Waals surface area contributed by atoms with Gasteiger partial charge in [-0.3, -0.25) is 14.5 Å². The van der Waals surface area contributed by atoms with E-state index in [2.05, 4.69) is 10.3 Å². The molecular weight excluding hydrogens is 464 g/mol. The van der Waals surface area contributed by atoms with Gasteiger partial charge in [-0.05, 0) is 58.2 Å². The molecule has 1 aromatic carbocycles. The first kappa shape index (κ1) is 27.0. The number of guanidine groups is 1. The molecule has 34 heavy (non-hydrogen) atoms. The van der Waals surface area contributed by atoms with E-state index >= 15 is 0 Å². The second-order valence-corrected chi connectivity index (χ2v) is 8.87. The molecule has 3 rings (SSSR count). The second-order valence-electron chi connectivity index (χ2n) is 8.87. The van der Waals surface area contributed by atoms with E-state index in [1.165, 1.54) is 30.1 Å². The quantitative estimate of drug-likeness (QED) is 0.479. The first-order valence-electron chi connectivity index (χ1n) is 10.1. The zero-order chi connectivity index (χ0) is 26.3. The molecule has 0 bridgehead atoms. The minimum Gasteiger partial charge on any atom is -0.475 e. The van der Waals surface area contributed by atoms with Gasteiger partial charge in [0.05, 0.1) is 5.41 Å². The van der Waals surface area contributed by atoms with E-state index in [1.807, 2.05) is 0 Å². The minimum absolute atomic E-state index is 0.000516. The van der Waals surface area contributed by atoms with Crippen LogP contribution in [0.15, 0.2) is 23.2 Å². The number of anilines is 1. The number of hydrogen-bond donors (Lipinski definition) is 4. The summed E-state index contributed by atoms with van der Waals surface area (Å²) in [5.41, 5.74) is 2.65. The number of aliphatic imine (C=N–C) groups is 1. The van der Waals surface area contributed by atoms with E-state index in [1.54, 1.807) is 20.8 Å². The van der Waals surface area contributed by atoms with Crippen molar-refractivity contribution in [3.8, 4) is 0 Å². The van der Waals surface area contributed by atoms with Gasteiger partial charge in [0.15, 0.2) is 5.96 Å². The first-order chi connectivity index (χ1) is 15.4. The molecule has 188 valence electrons. The fourth-order valence-electron chi connectivity index (χ4n) is 3.53. The highest BCUT2D eigenvalue weighted by Crippen LogP contribution is 2.47. The summed E-state index contributed by atoms with van der Waals surface area (Å²) in [5, 5.41) is 19.9. The minimum atomic E-state index is -5.08. The molecular formula is C21H26F4N4O5. The van der Waals surface area contributed by atoms with Crippen molar-refractivity contribution in [3.63, 3.8) is 0 Å². The number of nitrogens with two attached hydrogens (primary N) is 1. The molecule has 5 N–H and O–H groups in total. The largest absolute Gasteiger partial charge is 0.490 e. The summed E-state index contributed by atoms with van der Waals surface area (Å²) in [6, 6.07) is 4.08. The number of nitrogens with one attached hydrogen (secondary N) is 1. The van der Waals surface area contributed by atoms with Crippen molar-refractivity contribution in [3.05, 3.63) is 29.6 Å². The molecule has 1 heterocycles. The van der Waals surface area contributed by atoms with E-state index in [4.69, 9.17) is 15.6 Å². The van der Waals surface area contributed by atoms with Gasteiger partial charge in [-0.25, -0.2) is 14.2 Å². The van der Waals surface area contributed by atoms with E-state index in [-0.39, 0.29) is 17.4 Å². The third-order valence-corrected chi connectivity index (χ3v) is 6.33. The Labute approximate surface area is 192 Å². The summed E-state index contributed by atoms with van der Waals surface area (Å²) < 4.78 is 46.5. The van der Waals surface area contributed by atoms with Crippen molar-refractivity contribution in [1.29, 1.82) is 0 Å². The average molecular weight is 490 g/mol. The van der Waals surface area contributed by atoms with Crippen LogP contribution in [0.25, 0.3) is 0 Å². The van der Waals surface area contributed by atoms with E-state index in [9.17, 15) is 32.3 Å². The summed E-state index contributed by atoms with van der Waals surface area (Å²) in [4.78, 5) is 39.6. The van der Waals surface area contributed by atoms with Gasteiger partial charge in [0.1, 0.15) is 17.0 Å². The fraction of sp³-hybridized carbons (Fsp3) is 0.524. The Morgan fingerprint density at radius 1 is 1.21 bits per heavy atom. The van der Waals surface area contributed by atoms with Gasteiger partial charge in [-0.15, -0.1) is 0 Å². The molecule has 0 aromatic heterocycles. The van der Waals surface area contributed by atoms with Crippen LogP contribution in [0, 0.1) is 11.2 Å². The number of hydrogen-bond acceptors (Lipinski definition) is 6. The molecule has 0 saturated heterocycles. The summed E-state index contributed by atoms with van der Waals surface area (Å²) in [6.45, 7) is 5.02. The normalized spacial score (nSPS) is 23.1. The van der Waals surface area contributed by atoms with E-state index in [0.29, 0.717) is 18.5 Å². The average Bonchev–Trinajstić information content (AvgIpc) is 2.70. The number of rotatable bonds is 3. The number of alkyl halides is 3. The molecule has 2 aliphatic rings. The summed E-state index contributed by atoms with van der Waals surface area (Å²) in [6.07, 6.45) is -3.49. The zero-order valence-electron chi connectivity index (χ0n) is 19.0. The van der Waals surface area contributed by atoms with Gasteiger partial charge in [0, 0.05) is 18.3 Å². The number of amides is 2. The number of nitrogens with zero attached hydrogens (tertiary/aromatic N) is 2. The Kier molecular flexibility index (Phi) is 7.04. The Bertz CT molecular complexity index is 1040. The maximum Gasteiger partial charge on any atom is 0.490 e. The predicted octanol–water partition coefficient (Wildman–Crippen LogP) is 2.34. The fourth-order valence-corrected chi connectivity index (χ4v) is 3.53. The SMILES string of the molecule is CN1C(=O)C(C)(C)[C@@](C)(c2cc(NC(=O)C3(O)CCC3)ccc2F)N=C1N.O=C(O)C(F)(F)F. The van der Waals surface area contributed by atoms with Crippen LogP contribution >= 0.6 is 0 Å². The van der Waals surface area contributed by atoms with Crippen molar-refractivity contribution in [1.82, 2.24) is 4.90 Å². The molecule has 0 unspecified atom stereocenters. The van der Waals surface area contributed by atoms with Crippen LogP contribution in [0.3, 0.4) is 0 Å². The van der Waals surface area contributed by atoms with Crippen LogP contribution < -0.4 is 11.1 Å². The van der Waals surface area contributed by atoms with Gasteiger partial charge in [0.25, 0.3) is 5.91 Å². The number of aliphatic carboxylic acids is 1. The molecule has 13 heteroatoms. The predicted molar refractivity (Wildman–Crippen MR) is 113 cm³/mol. The molecule has 1 atom stereocenters.